The van der Waals surface area contributed by atoms with Gasteiger partial charge in [0.2, 0.25) is 0 Å². The van der Waals surface area contributed by atoms with Crippen molar-refractivity contribution in [3.63, 3.8) is 0 Å². The van der Waals surface area contributed by atoms with Crippen LogP contribution in [-0.2, 0) is 0 Å². The van der Waals surface area contributed by atoms with Crippen molar-refractivity contribution in [1.29, 1.82) is 0 Å². The first-order valence-electron chi connectivity index (χ1n) is 6.21. The summed E-state index contributed by atoms with van der Waals surface area (Å²) in [7, 11) is 0. The summed E-state index contributed by atoms with van der Waals surface area (Å²) in [6.07, 6.45) is 3.45. The van der Waals surface area contributed by atoms with Gasteiger partial charge in [0.05, 0.1) is 0 Å². The van der Waals surface area contributed by atoms with E-state index in [1.54, 1.807) is 0 Å². The summed E-state index contributed by atoms with van der Waals surface area (Å²) >= 11 is 0. The fraction of sp³-hybridized carbons (Fsp3) is 0.500. The molecule has 1 aromatic rings. The van der Waals surface area contributed by atoms with Gasteiger partial charge in [0.1, 0.15) is 0 Å². The van der Waals surface area contributed by atoms with Crippen molar-refractivity contribution >= 4 is 5.57 Å². The Labute approximate surface area is 101 Å². The number of aryl methyl sites for hydroxylation is 1. The zero-order valence-corrected chi connectivity index (χ0v) is 11.7. The fourth-order valence-electron chi connectivity index (χ4n) is 1.17. The van der Waals surface area contributed by atoms with Gasteiger partial charge in [-0.25, -0.2) is 0 Å². The van der Waals surface area contributed by atoms with Gasteiger partial charge in [-0.05, 0) is 43.4 Å². The van der Waals surface area contributed by atoms with Crippen LogP contribution in [0.15, 0.2) is 30.3 Å². The molecule has 0 N–H and O–H groups in total. The van der Waals surface area contributed by atoms with Crippen LogP contribution in [0.4, 0.5) is 0 Å². The molecule has 0 radical (unpaired) electrons. The Bertz CT molecular complexity index is 319. The smallest absolute Gasteiger partial charge is 0.0201 e. The van der Waals surface area contributed by atoms with Gasteiger partial charge in [0, 0.05) is 0 Å². The molecule has 16 heavy (non-hydrogen) atoms. The maximum absolute atomic E-state index is 2.22. The van der Waals surface area contributed by atoms with Crippen molar-refractivity contribution in [1.82, 2.24) is 0 Å². The molecule has 0 heterocycles. The lowest BCUT2D eigenvalue weighted by molar-refractivity contribution is 0.626. The summed E-state index contributed by atoms with van der Waals surface area (Å²) in [4.78, 5) is 0. The van der Waals surface area contributed by atoms with E-state index in [4.69, 9.17) is 0 Å². The van der Waals surface area contributed by atoms with E-state index in [1.807, 2.05) is 0 Å². The number of hydrogen-bond acceptors (Lipinski definition) is 0. The van der Waals surface area contributed by atoms with Gasteiger partial charge in [-0.15, -0.1) is 0 Å². The topological polar surface area (TPSA) is 0 Å². The highest BCUT2D eigenvalue weighted by Gasteiger charge is 1.95. The summed E-state index contributed by atoms with van der Waals surface area (Å²) in [6, 6.07) is 8.45. The maximum Gasteiger partial charge on any atom is -0.0201 e. The Hall–Kier alpha value is -1.04. The first-order chi connectivity index (χ1) is 7.52. The van der Waals surface area contributed by atoms with E-state index in [-0.39, 0.29) is 0 Å². The molecule has 0 atom stereocenters. The summed E-state index contributed by atoms with van der Waals surface area (Å²) in [5, 5.41) is 0. The third-order valence-corrected chi connectivity index (χ3v) is 2.82. The van der Waals surface area contributed by atoms with Crippen LogP contribution in [0.25, 0.3) is 5.57 Å². The summed E-state index contributed by atoms with van der Waals surface area (Å²) in [5.41, 5.74) is 4.06. The molecular weight excluding hydrogens is 192 g/mol. The van der Waals surface area contributed by atoms with E-state index < -0.39 is 0 Å². The lowest BCUT2D eigenvalue weighted by Crippen LogP contribution is -1.83. The summed E-state index contributed by atoms with van der Waals surface area (Å²) < 4.78 is 0. The van der Waals surface area contributed by atoms with Crippen LogP contribution in [0.2, 0.25) is 0 Å². The molecule has 0 fully saturated rings. The zero-order valence-electron chi connectivity index (χ0n) is 11.7. The Morgan fingerprint density at radius 2 is 1.75 bits per heavy atom. The molecule has 0 unspecified atom stereocenters. The highest BCUT2D eigenvalue weighted by molar-refractivity contribution is 5.65. The lowest BCUT2D eigenvalue weighted by atomic mass is 10.0. The molecular formula is C16H26. The third-order valence-electron chi connectivity index (χ3n) is 2.82. The maximum atomic E-state index is 2.22. The second kappa shape index (κ2) is 8.15. The SMILES string of the molecule is C/C=C(/C)c1ccccc1C.CCC(C)C. The van der Waals surface area contributed by atoms with Crippen molar-refractivity contribution in [2.75, 3.05) is 0 Å². The molecule has 0 amide bonds. The minimum Gasteiger partial charge on any atom is -0.0841 e. The molecule has 0 aromatic heterocycles. The molecule has 0 saturated heterocycles. The van der Waals surface area contributed by atoms with E-state index >= 15 is 0 Å². The fourth-order valence-corrected chi connectivity index (χ4v) is 1.17. The third kappa shape index (κ3) is 5.75. The molecule has 90 valence electrons. The van der Waals surface area contributed by atoms with Crippen molar-refractivity contribution in [2.24, 2.45) is 5.92 Å². The van der Waals surface area contributed by atoms with Crippen LogP contribution in [0.1, 0.15) is 52.2 Å². The van der Waals surface area contributed by atoms with Gasteiger partial charge in [0.15, 0.2) is 0 Å². The molecule has 0 spiro atoms. The van der Waals surface area contributed by atoms with Crippen molar-refractivity contribution in [3.8, 4) is 0 Å². The average Bonchev–Trinajstić information content (AvgIpc) is 2.29. The molecule has 1 aromatic carbocycles. The molecule has 0 heteroatoms. The molecule has 0 bridgehead atoms. The largest absolute Gasteiger partial charge is 0.0841 e. The number of benzene rings is 1. The molecule has 0 nitrogen and oxygen atoms in total. The van der Waals surface area contributed by atoms with E-state index in [2.05, 4.69) is 71.9 Å². The van der Waals surface area contributed by atoms with Crippen LogP contribution in [0, 0.1) is 12.8 Å². The number of allylic oxidation sites excluding steroid dienone is 2. The standard InChI is InChI=1S/C11H14.C5H12/c1-4-9(2)11-8-6-5-7-10(11)3;1-4-5(2)3/h4-8H,1-3H3;5H,4H2,1-3H3/b9-4-;. The molecule has 0 saturated carbocycles. The van der Waals surface area contributed by atoms with Crippen molar-refractivity contribution < 1.29 is 0 Å². The van der Waals surface area contributed by atoms with Crippen LogP contribution in [0.3, 0.4) is 0 Å². The first kappa shape index (κ1) is 15.0. The monoisotopic (exact) mass is 218 g/mol. The van der Waals surface area contributed by atoms with Crippen LogP contribution >= 0.6 is 0 Å². The average molecular weight is 218 g/mol. The van der Waals surface area contributed by atoms with Gasteiger partial charge in [0.25, 0.3) is 0 Å². The minimum absolute atomic E-state index is 0.884. The lowest BCUT2D eigenvalue weighted by Gasteiger charge is -2.03. The van der Waals surface area contributed by atoms with Gasteiger partial charge in [-0.1, -0.05) is 57.5 Å². The van der Waals surface area contributed by atoms with Gasteiger partial charge in [-0.3, -0.25) is 0 Å². The molecule has 0 aliphatic carbocycles. The highest BCUT2D eigenvalue weighted by atomic mass is 14.0. The van der Waals surface area contributed by atoms with E-state index in [9.17, 15) is 0 Å². The van der Waals surface area contributed by atoms with Crippen LogP contribution < -0.4 is 0 Å². The molecule has 1 rings (SSSR count). The zero-order chi connectivity index (χ0) is 12.6. The Morgan fingerprint density at radius 1 is 1.25 bits per heavy atom. The first-order valence-corrected chi connectivity index (χ1v) is 6.21. The Morgan fingerprint density at radius 3 is 2.12 bits per heavy atom. The predicted molar refractivity (Wildman–Crippen MR) is 75.6 cm³/mol. The minimum atomic E-state index is 0.884. The second-order valence-corrected chi connectivity index (χ2v) is 4.59. The van der Waals surface area contributed by atoms with Gasteiger partial charge >= 0.3 is 0 Å². The van der Waals surface area contributed by atoms with Gasteiger partial charge < -0.3 is 0 Å². The van der Waals surface area contributed by atoms with E-state index in [0.717, 1.165) is 5.92 Å². The van der Waals surface area contributed by atoms with Crippen molar-refractivity contribution in [2.45, 2.75) is 48.0 Å². The number of rotatable bonds is 2. The molecule has 0 aliphatic heterocycles. The van der Waals surface area contributed by atoms with E-state index in [0.29, 0.717) is 0 Å². The second-order valence-electron chi connectivity index (χ2n) is 4.59. The van der Waals surface area contributed by atoms with E-state index in [1.165, 1.54) is 23.1 Å². The Balaban J connectivity index is 0.000000385. The van der Waals surface area contributed by atoms with Gasteiger partial charge in [-0.2, -0.15) is 0 Å². The summed E-state index contributed by atoms with van der Waals surface area (Å²) in [6.45, 7) is 13.0. The van der Waals surface area contributed by atoms with Crippen LogP contribution in [-0.4, -0.2) is 0 Å². The predicted octanol–water partition coefficient (Wildman–Crippen LogP) is 5.47. The quantitative estimate of drug-likeness (QED) is 0.617. The summed E-state index contributed by atoms with van der Waals surface area (Å²) in [5.74, 6) is 0.884. The normalized spacial score (nSPS) is 11.1. The highest BCUT2D eigenvalue weighted by Crippen LogP contribution is 2.16. The van der Waals surface area contributed by atoms with Crippen molar-refractivity contribution in [3.05, 3.63) is 41.5 Å². The van der Waals surface area contributed by atoms with Crippen LogP contribution in [0.5, 0.6) is 0 Å². The Kier molecular flexibility index (Phi) is 7.62. The molecule has 0 aliphatic rings. The number of hydrogen-bond donors (Lipinski definition) is 0.